The molecule has 2 amide bonds. The van der Waals surface area contributed by atoms with Gasteiger partial charge in [-0.1, -0.05) is 11.6 Å². The number of amides is 2. The first-order valence-corrected chi connectivity index (χ1v) is 10.6. The van der Waals surface area contributed by atoms with Crippen molar-refractivity contribution >= 4 is 50.7 Å². The Morgan fingerprint density at radius 2 is 2.00 bits per heavy atom. The number of anilines is 1. The number of halogens is 1. The number of rotatable bonds is 5. The smallest absolute Gasteiger partial charge is 0.262 e. The average molecular weight is 431 g/mol. The van der Waals surface area contributed by atoms with Crippen molar-refractivity contribution in [2.75, 3.05) is 18.4 Å². The largest absolute Gasteiger partial charge is 0.339 e. The number of hydrogen-bond donors (Lipinski definition) is 1. The summed E-state index contributed by atoms with van der Waals surface area (Å²) in [7, 11) is 0. The minimum Gasteiger partial charge on any atom is -0.339 e. The Kier molecular flexibility index (Phi) is 5.64. The Bertz CT molecular complexity index is 1130. The molecule has 1 fully saturated rings. The first kappa shape index (κ1) is 19.6. The lowest BCUT2D eigenvalue weighted by atomic mass is 10.1. The van der Waals surface area contributed by atoms with E-state index in [0.717, 1.165) is 25.9 Å². The van der Waals surface area contributed by atoms with Crippen LogP contribution in [0.2, 0.25) is 5.02 Å². The van der Waals surface area contributed by atoms with E-state index in [2.05, 4.69) is 10.3 Å². The Morgan fingerprint density at radius 1 is 1.21 bits per heavy atom. The third-order valence-corrected chi connectivity index (χ3v) is 5.97. The molecule has 1 saturated heterocycles. The van der Waals surface area contributed by atoms with E-state index in [1.165, 1.54) is 22.2 Å². The molecule has 1 aliphatic rings. The fraction of sp³-hybridized carbons (Fsp3) is 0.300. The predicted molar refractivity (Wildman–Crippen MR) is 114 cm³/mol. The van der Waals surface area contributed by atoms with Crippen LogP contribution in [0.4, 0.5) is 5.69 Å². The number of aryl methyl sites for hydroxylation is 1. The van der Waals surface area contributed by atoms with Gasteiger partial charge in [0.05, 0.1) is 23.0 Å². The van der Waals surface area contributed by atoms with Crippen molar-refractivity contribution in [2.24, 2.45) is 0 Å². The Balaban J connectivity index is 1.47. The van der Waals surface area contributed by atoms with Crippen LogP contribution in [0.25, 0.3) is 10.2 Å². The predicted octanol–water partition coefficient (Wildman–Crippen LogP) is 3.38. The van der Waals surface area contributed by atoms with Crippen molar-refractivity contribution in [2.45, 2.75) is 25.8 Å². The van der Waals surface area contributed by atoms with Crippen LogP contribution in [0, 0.1) is 0 Å². The highest BCUT2D eigenvalue weighted by Gasteiger charge is 2.22. The molecule has 0 unspecified atom stereocenters. The zero-order chi connectivity index (χ0) is 20.4. The van der Waals surface area contributed by atoms with Crippen molar-refractivity contribution in [1.82, 2.24) is 14.5 Å². The molecule has 9 heteroatoms. The summed E-state index contributed by atoms with van der Waals surface area (Å²) in [6, 6.07) is 6.58. The average Bonchev–Trinajstić information content (AvgIpc) is 3.39. The number of nitrogens with one attached hydrogen (secondary N) is 1. The lowest BCUT2D eigenvalue weighted by molar-refractivity contribution is -0.116. The molecule has 150 valence electrons. The van der Waals surface area contributed by atoms with E-state index < -0.39 is 0 Å². The summed E-state index contributed by atoms with van der Waals surface area (Å²) in [5.41, 5.74) is 0.637. The van der Waals surface area contributed by atoms with E-state index in [1.807, 2.05) is 5.38 Å². The van der Waals surface area contributed by atoms with Crippen LogP contribution in [0.5, 0.6) is 0 Å². The number of hydrogen-bond acceptors (Lipinski definition) is 5. The van der Waals surface area contributed by atoms with E-state index in [0.29, 0.717) is 26.5 Å². The van der Waals surface area contributed by atoms with E-state index in [-0.39, 0.29) is 30.3 Å². The highest BCUT2D eigenvalue weighted by atomic mass is 35.5. The van der Waals surface area contributed by atoms with E-state index >= 15 is 0 Å². The van der Waals surface area contributed by atoms with Crippen molar-refractivity contribution in [1.29, 1.82) is 0 Å². The molecule has 0 bridgehead atoms. The van der Waals surface area contributed by atoms with Crippen LogP contribution in [0.1, 0.15) is 29.6 Å². The van der Waals surface area contributed by atoms with Crippen molar-refractivity contribution in [3.8, 4) is 0 Å². The number of carbonyl (C=O) groups is 2. The highest BCUT2D eigenvalue weighted by Crippen LogP contribution is 2.24. The summed E-state index contributed by atoms with van der Waals surface area (Å²) in [6.07, 6.45) is 3.49. The molecule has 2 aromatic heterocycles. The molecule has 3 aromatic rings. The minimum absolute atomic E-state index is 0.0705. The zero-order valence-electron chi connectivity index (χ0n) is 15.6. The molecule has 0 saturated carbocycles. The van der Waals surface area contributed by atoms with Gasteiger partial charge in [0.2, 0.25) is 5.91 Å². The third-order valence-electron chi connectivity index (χ3n) is 4.91. The van der Waals surface area contributed by atoms with Crippen LogP contribution < -0.4 is 10.9 Å². The molecule has 3 heterocycles. The maximum atomic E-state index is 12.8. The molecule has 4 rings (SSSR count). The maximum Gasteiger partial charge on any atom is 0.262 e. The molecule has 1 aromatic carbocycles. The van der Waals surface area contributed by atoms with E-state index in [1.54, 1.807) is 29.2 Å². The summed E-state index contributed by atoms with van der Waals surface area (Å²) in [4.78, 5) is 44.4. The first-order valence-electron chi connectivity index (χ1n) is 9.34. The van der Waals surface area contributed by atoms with E-state index in [4.69, 9.17) is 11.6 Å². The van der Waals surface area contributed by atoms with Crippen LogP contribution in [-0.4, -0.2) is 39.4 Å². The second kappa shape index (κ2) is 8.34. The topological polar surface area (TPSA) is 84.3 Å². The van der Waals surface area contributed by atoms with Crippen molar-refractivity contribution in [3.05, 3.63) is 56.9 Å². The number of aromatic nitrogens is 2. The molecule has 0 atom stereocenters. The van der Waals surface area contributed by atoms with Gasteiger partial charge in [-0.3, -0.25) is 19.0 Å². The summed E-state index contributed by atoms with van der Waals surface area (Å²) in [5, 5.41) is 5.57. The molecule has 1 aliphatic heterocycles. The molecule has 0 radical (unpaired) electrons. The molecular weight excluding hydrogens is 412 g/mol. The molecular formula is C20H19ClN4O3S. The summed E-state index contributed by atoms with van der Waals surface area (Å²) in [5.74, 6) is -0.419. The standard InChI is InChI=1S/C20H19ClN4O3S/c21-13-3-4-14(19(27)24-7-1-2-8-24)16(11-13)23-17(26)5-9-25-12-22-18-15(20(25)28)6-10-29-18/h3-4,6,10-12H,1-2,5,7-9H2,(H,23,26). The number of carbonyl (C=O) groups excluding carboxylic acids is 2. The normalized spacial score (nSPS) is 13.8. The summed E-state index contributed by atoms with van der Waals surface area (Å²) in [6.45, 7) is 1.63. The number of likely N-dealkylation sites (tertiary alicyclic amines) is 1. The molecule has 29 heavy (non-hydrogen) atoms. The Hall–Kier alpha value is -2.71. The van der Waals surface area contributed by atoms with Gasteiger partial charge in [0.1, 0.15) is 4.83 Å². The second-order valence-corrected chi connectivity index (χ2v) is 8.20. The third kappa shape index (κ3) is 4.18. The number of benzene rings is 1. The quantitative estimate of drug-likeness (QED) is 0.672. The van der Waals surface area contributed by atoms with Gasteiger partial charge in [0.25, 0.3) is 11.5 Å². The second-order valence-electron chi connectivity index (χ2n) is 6.87. The molecule has 7 nitrogen and oxygen atoms in total. The minimum atomic E-state index is -0.306. The van der Waals surface area contributed by atoms with Gasteiger partial charge in [-0.15, -0.1) is 11.3 Å². The molecule has 0 aliphatic carbocycles. The fourth-order valence-electron chi connectivity index (χ4n) is 3.38. The number of thiophene rings is 1. The maximum absolute atomic E-state index is 12.8. The van der Waals surface area contributed by atoms with E-state index in [9.17, 15) is 14.4 Å². The highest BCUT2D eigenvalue weighted by molar-refractivity contribution is 7.16. The monoisotopic (exact) mass is 430 g/mol. The lowest BCUT2D eigenvalue weighted by Crippen LogP contribution is -2.29. The van der Waals surface area contributed by atoms with Crippen molar-refractivity contribution in [3.63, 3.8) is 0 Å². The van der Waals surface area contributed by atoms with Gasteiger partial charge in [-0.25, -0.2) is 4.98 Å². The van der Waals surface area contributed by atoms with Crippen LogP contribution >= 0.6 is 22.9 Å². The summed E-state index contributed by atoms with van der Waals surface area (Å²) < 4.78 is 1.42. The SMILES string of the molecule is O=C(CCn1cnc2sccc2c1=O)Nc1cc(Cl)ccc1C(=O)N1CCCC1. The van der Waals surface area contributed by atoms with Gasteiger partial charge in [-0.2, -0.15) is 0 Å². The number of nitrogens with zero attached hydrogens (tertiary/aromatic N) is 3. The first-order chi connectivity index (χ1) is 14.0. The van der Waals surface area contributed by atoms with Crippen LogP contribution in [0.3, 0.4) is 0 Å². The van der Waals surface area contributed by atoms with Crippen LogP contribution in [-0.2, 0) is 11.3 Å². The van der Waals surface area contributed by atoms with Crippen LogP contribution in [0.15, 0.2) is 40.8 Å². The van der Waals surface area contributed by atoms with Gasteiger partial charge in [-0.05, 0) is 42.5 Å². The zero-order valence-corrected chi connectivity index (χ0v) is 17.1. The van der Waals surface area contributed by atoms with Gasteiger partial charge >= 0.3 is 0 Å². The lowest BCUT2D eigenvalue weighted by Gasteiger charge is -2.18. The van der Waals surface area contributed by atoms with Gasteiger partial charge in [0, 0.05) is 31.1 Å². The Labute approximate surface area is 175 Å². The molecule has 0 spiro atoms. The fourth-order valence-corrected chi connectivity index (χ4v) is 4.28. The number of fused-ring (bicyclic) bond motifs is 1. The van der Waals surface area contributed by atoms with Gasteiger partial charge < -0.3 is 10.2 Å². The molecule has 1 N–H and O–H groups in total. The van der Waals surface area contributed by atoms with Gasteiger partial charge in [0.15, 0.2) is 0 Å². The van der Waals surface area contributed by atoms with Crippen molar-refractivity contribution < 1.29 is 9.59 Å². The Morgan fingerprint density at radius 3 is 2.79 bits per heavy atom. The summed E-state index contributed by atoms with van der Waals surface area (Å²) >= 11 is 7.47.